The summed E-state index contributed by atoms with van der Waals surface area (Å²) in [5, 5.41) is 9.30. The topological polar surface area (TPSA) is 44.1 Å². The standard InChI is InChI=1S/C12H12BrFN2O/c1-16(12(17)4-5-13)8-10-6-9(7-15)2-3-11(10)14/h2-3,6H,4-5,8H2,1H3. The van der Waals surface area contributed by atoms with Crippen LogP contribution in [-0.4, -0.2) is 23.2 Å². The van der Waals surface area contributed by atoms with Gasteiger partial charge in [0.1, 0.15) is 5.82 Å². The molecule has 0 spiro atoms. The fourth-order valence-corrected chi connectivity index (χ4v) is 1.72. The van der Waals surface area contributed by atoms with E-state index in [1.54, 1.807) is 7.05 Å². The number of carbonyl (C=O) groups is 1. The number of amides is 1. The van der Waals surface area contributed by atoms with Crippen LogP contribution in [-0.2, 0) is 11.3 Å². The molecule has 0 saturated carbocycles. The second kappa shape index (κ2) is 6.36. The molecule has 3 nitrogen and oxygen atoms in total. The lowest BCUT2D eigenvalue weighted by Gasteiger charge is -2.17. The Morgan fingerprint density at radius 1 is 1.59 bits per heavy atom. The molecule has 0 aliphatic heterocycles. The third kappa shape index (κ3) is 3.82. The van der Waals surface area contributed by atoms with E-state index in [1.165, 1.54) is 23.1 Å². The lowest BCUT2D eigenvalue weighted by Crippen LogP contribution is -2.26. The van der Waals surface area contributed by atoms with Gasteiger partial charge in [0.05, 0.1) is 11.6 Å². The molecule has 0 bridgehead atoms. The Hall–Kier alpha value is -1.41. The van der Waals surface area contributed by atoms with Crippen LogP contribution in [0.2, 0.25) is 0 Å². The van der Waals surface area contributed by atoms with Crippen LogP contribution in [0.25, 0.3) is 0 Å². The third-order valence-corrected chi connectivity index (χ3v) is 2.71. The normalized spacial score (nSPS) is 9.76. The highest BCUT2D eigenvalue weighted by Gasteiger charge is 2.11. The summed E-state index contributed by atoms with van der Waals surface area (Å²) in [4.78, 5) is 13.0. The van der Waals surface area contributed by atoms with Crippen LogP contribution in [0.5, 0.6) is 0 Å². The zero-order valence-electron chi connectivity index (χ0n) is 9.41. The SMILES string of the molecule is CN(Cc1cc(C#N)ccc1F)C(=O)CCBr. The molecule has 0 saturated heterocycles. The van der Waals surface area contributed by atoms with Crippen LogP contribution < -0.4 is 0 Å². The van der Waals surface area contributed by atoms with Gasteiger partial charge in [-0.25, -0.2) is 4.39 Å². The quantitative estimate of drug-likeness (QED) is 0.802. The van der Waals surface area contributed by atoms with Gasteiger partial charge in [-0.3, -0.25) is 4.79 Å². The number of alkyl halides is 1. The van der Waals surface area contributed by atoms with Crippen molar-refractivity contribution in [1.82, 2.24) is 4.90 Å². The second-order valence-corrected chi connectivity index (χ2v) is 4.40. The van der Waals surface area contributed by atoms with Gasteiger partial charge in [0.2, 0.25) is 5.91 Å². The summed E-state index contributed by atoms with van der Waals surface area (Å²) in [6.07, 6.45) is 0.371. The minimum atomic E-state index is -0.400. The average molecular weight is 299 g/mol. The summed E-state index contributed by atoms with van der Waals surface area (Å²) in [7, 11) is 1.61. The maximum Gasteiger partial charge on any atom is 0.223 e. The molecule has 90 valence electrons. The molecule has 1 aromatic rings. The monoisotopic (exact) mass is 298 g/mol. The predicted octanol–water partition coefficient (Wildman–Crippen LogP) is 2.44. The first kappa shape index (κ1) is 13.7. The second-order valence-electron chi connectivity index (χ2n) is 3.61. The Kier molecular flexibility index (Phi) is 5.11. The van der Waals surface area contributed by atoms with Gasteiger partial charge in [-0.05, 0) is 18.2 Å². The van der Waals surface area contributed by atoms with Gasteiger partial charge in [0, 0.05) is 30.9 Å². The van der Waals surface area contributed by atoms with Crippen LogP contribution in [0.4, 0.5) is 4.39 Å². The highest BCUT2D eigenvalue weighted by molar-refractivity contribution is 9.09. The number of benzene rings is 1. The maximum atomic E-state index is 13.5. The zero-order valence-corrected chi connectivity index (χ0v) is 11.0. The van der Waals surface area contributed by atoms with E-state index in [0.717, 1.165) is 0 Å². The van der Waals surface area contributed by atoms with E-state index in [9.17, 15) is 9.18 Å². The Bertz CT molecular complexity index is 456. The van der Waals surface area contributed by atoms with Crippen molar-refractivity contribution in [3.05, 3.63) is 35.1 Å². The lowest BCUT2D eigenvalue weighted by molar-refractivity contribution is -0.129. The van der Waals surface area contributed by atoms with Crippen LogP contribution in [0.15, 0.2) is 18.2 Å². The lowest BCUT2D eigenvalue weighted by atomic mass is 10.1. The van der Waals surface area contributed by atoms with Crippen molar-refractivity contribution >= 4 is 21.8 Å². The number of nitriles is 1. The molecule has 0 N–H and O–H groups in total. The molecule has 0 heterocycles. The molecule has 0 aliphatic carbocycles. The van der Waals surface area contributed by atoms with Crippen molar-refractivity contribution in [2.45, 2.75) is 13.0 Å². The van der Waals surface area contributed by atoms with Crippen LogP contribution in [0.1, 0.15) is 17.5 Å². The van der Waals surface area contributed by atoms with Gasteiger partial charge in [0.15, 0.2) is 0 Å². The molecule has 0 fully saturated rings. The van der Waals surface area contributed by atoms with Gasteiger partial charge >= 0.3 is 0 Å². The van der Waals surface area contributed by atoms with Crippen molar-refractivity contribution in [3.63, 3.8) is 0 Å². The van der Waals surface area contributed by atoms with E-state index >= 15 is 0 Å². The zero-order chi connectivity index (χ0) is 12.8. The highest BCUT2D eigenvalue weighted by atomic mass is 79.9. The number of hydrogen-bond donors (Lipinski definition) is 0. The largest absolute Gasteiger partial charge is 0.341 e. The molecule has 17 heavy (non-hydrogen) atoms. The molecule has 0 atom stereocenters. The van der Waals surface area contributed by atoms with E-state index in [2.05, 4.69) is 15.9 Å². The smallest absolute Gasteiger partial charge is 0.223 e. The molecule has 1 amide bonds. The minimum Gasteiger partial charge on any atom is -0.341 e. The first-order valence-electron chi connectivity index (χ1n) is 5.07. The van der Waals surface area contributed by atoms with Crippen LogP contribution in [0, 0.1) is 17.1 Å². The van der Waals surface area contributed by atoms with E-state index in [4.69, 9.17) is 5.26 Å². The molecule has 0 unspecified atom stereocenters. The van der Waals surface area contributed by atoms with Gasteiger partial charge in [0.25, 0.3) is 0 Å². The van der Waals surface area contributed by atoms with Crippen molar-refractivity contribution in [2.75, 3.05) is 12.4 Å². The highest BCUT2D eigenvalue weighted by Crippen LogP contribution is 2.12. The first-order valence-corrected chi connectivity index (χ1v) is 6.19. The van der Waals surface area contributed by atoms with E-state index in [-0.39, 0.29) is 12.5 Å². The van der Waals surface area contributed by atoms with Crippen molar-refractivity contribution < 1.29 is 9.18 Å². The van der Waals surface area contributed by atoms with Gasteiger partial charge in [-0.15, -0.1) is 0 Å². The summed E-state index contributed by atoms with van der Waals surface area (Å²) in [6.45, 7) is 0.174. The predicted molar refractivity (Wildman–Crippen MR) is 66.0 cm³/mol. The summed E-state index contributed by atoms with van der Waals surface area (Å²) in [5.74, 6) is -0.467. The van der Waals surface area contributed by atoms with Gasteiger partial charge < -0.3 is 4.90 Å². The third-order valence-electron chi connectivity index (χ3n) is 2.32. The maximum absolute atomic E-state index is 13.5. The molecule has 1 rings (SSSR count). The fourth-order valence-electron chi connectivity index (χ4n) is 1.38. The van der Waals surface area contributed by atoms with Crippen molar-refractivity contribution in [1.29, 1.82) is 5.26 Å². The minimum absolute atomic E-state index is 0.0661. The number of nitrogens with zero attached hydrogens (tertiary/aromatic N) is 2. The molecular weight excluding hydrogens is 287 g/mol. The van der Waals surface area contributed by atoms with E-state index in [1.807, 2.05) is 6.07 Å². The van der Waals surface area contributed by atoms with Crippen LogP contribution in [0.3, 0.4) is 0 Å². The van der Waals surface area contributed by atoms with Gasteiger partial charge in [-0.1, -0.05) is 15.9 Å². The Morgan fingerprint density at radius 2 is 2.29 bits per heavy atom. The van der Waals surface area contributed by atoms with Crippen molar-refractivity contribution in [3.8, 4) is 6.07 Å². The Balaban J connectivity index is 2.81. The molecule has 0 aromatic heterocycles. The molecular formula is C12H12BrFN2O. The van der Waals surface area contributed by atoms with Crippen LogP contribution >= 0.6 is 15.9 Å². The van der Waals surface area contributed by atoms with Gasteiger partial charge in [-0.2, -0.15) is 5.26 Å². The summed E-state index contributed by atoms with van der Waals surface area (Å²) >= 11 is 3.18. The summed E-state index contributed by atoms with van der Waals surface area (Å²) in [5.41, 5.74) is 0.747. The molecule has 0 radical (unpaired) electrons. The molecule has 0 aliphatic rings. The molecule has 5 heteroatoms. The number of hydrogen-bond acceptors (Lipinski definition) is 2. The molecule has 1 aromatic carbocycles. The summed E-state index contributed by atoms with van der Waals surface area (Å²) in [6, 6.07) is 6.07. The number of halogens is 2. The summed E-state index contributed by atoms with van der Waals surface area (Å²) < 4.78 is 13.5. The number of carbonyl (C=O) groups excluding carboxylic acids is 1. The Morgan fingerprint density at radius 3 is 2.88 bits per heavy atom. The van der Waals surface area contributed by atoms with E-state index in [0.29, 0.717) is 22.9 Å². The van der Waals surface area contributed by atoms with E-state index < -0.39 is 5.82 Å². The fraction of sp³-hybridized carbons (Fsp3) is 0.333. The Labute approximate surface area is 108 Å². The number of rotatable bonds is 4. The van der Waals surface area contributed by atoms with Crippen molar-refractivity contribution in [2.24, 2.45) is 0 Å². The first-order chi connectivity index (χ1) is 8.08. The average Bonchev–Trinajstić information content (AvgIpc) is 2.32.